The lowest BCUT2D eigenvalue weighted by Crippen LogP contribution is -2.12. The van der Waals surface area contributed by atoms with Crippen LogP contribution in [0.3, 0.4) is 0 Å². The van der Waals surface area contributed by atoms with Gasteiger partial charge in [0.2, 0.25) is 0 Å². The first-order valence-corrected chi connectivity index (χ1v) is 10.2. The number of allylic oxidation sites excluding steroid dienone is 1. The van der Waals surface area contributed by atoms with Crippen LogP contribution in [0.5, 0.6) is 0 Å². The number of unbranched alkanes of at least 4 members (excludes halogenated alkanes) is 12. The van der Waals surface area contributed by atoms with E-state index in [0.29, 0.717) is 6.79 Å². The summed E-state index contributed by atoms with van der Waals surface area (Å²) in [5.74, 6) is 0. The second-order valence-corrected chi connectivity index (χ2v) is 6.67. The monoisotopic (exact) mass is 358 g/mol. The summed E-state index contributed by atoms with van der Waals surface area (Å²) in [7, 11) is 5.06. The van der Waals surface area contributed by atoms with Crippen molar-refractivity contribution in [2.45, 2.75) is 96.2 Å². The largest absolute Gasteiger partial charge is 0.476 e. The molecule has 0 aromatic heterocycles. The Bertz CT molecular complexity index is 265. The van der Waals surface area contributed by atoms with Gasteiger partial charge in [-0.1, -0.05) is 64.2 Å². The minimum Gasteiger partial charge on any atom is -0.476 e. The fraction of sp³-hybridized carbons (Fsp3) is 0.905. The minimum atomic E-state index is -0.0139. The van der Waals surface area contributed by atoms with Gasteiger partial charge in [0.05, 0.1) is 6.26 Å². The van der Waals surface area contributed by atoms with Gasteiger partial charge in [-0.25, -0.2) is 0 Å². The Kier molecular flexibility index (Phi) is 21.0. The van der Waals surface area contributed by atoms with E-state index in [1.54, 1.807) is 27.6 Å². The normalized spacial score (nSPS) is 11.7. The molecule has 4 nitrogen and oxygen atoms in total. The van der Waals surface area contributed by atoms with Gasteiger partial charge in [-0.2, -0.15) is 0 Å². The van der Waals surface area contributed by atoms with E-state index in [1.165, 1.54) is 77.0 Å². The van der Waals surface area contributed by atoms with Gasteiger partial charge >= 0.3 is 0 Å². The van der Waals surface area contributed by atoms with Crippen molar-refractivity contribution < 1.29 is 18.9 Å². The maximum Gasteiger partial charge on any atom is 0.187 e. The highest BCUT2D eigenvalue weighted by Gasteiger charge is 2.03. The van der Waals surface area contributed by atoms with E-state index in [0.717, 1.165) is 12.8 Å². The minimum absolute atomic E-state index is 0.0139. The van der Waals surface area contributed by atoms with Crippen molar-refractivity contribution in [2.75, 3.05) is 28.1 Å². The Morgan fingerprint density at radius 2 is 1.12 bits per heavy atom. The van der Waals surface area contributed by atoms with Crippen molar-refractivity contribution >= 4 is 0 Å². The molecule has 0 atom stereocenters. The van der Waals surface area contributed by atoms with Crippen LogP contribution in [-0.2, 0) is 18.9 Å². The Morgan fingerprint density at radius 3 is 1.60 bits per heavy atom. The zero-order chi connectivity index (χ0) is 18.4. The Balaban J connectivity index is 3.08. The molecule has 0 saturated heterocycles. The van der Waals surface area contributed by atoms with Gasteiger partial charge in [-0.05, 0) is 31.8 Å². The average Bonchev–Trinajstić information content (AvgIpc) is 2.64. The molecule has 0 rings (SSSR count). The van der Waals surface area contributed by atoms with Crippen molar-refractivity contribution in [1.29, 1.82) is 0 Å². The van der Waals surface area contributed by atoms with Crippen molar-refractivity contribution in [3.63, 3.8) is 0 Å². The summed E-state index contributed by atoms with van der Waals surface area (Å²) >= 11 is 0. The van der Waals surface area contributed by atoms with Crippen LogP contribution in [0, 0.1) is 0 Å². The van der Waals surface area contributed by atoms with Gasteiger partial charge in [-0.15, -0.1) is 0 Å². The van der Waals surface area contributed by atoms with Gasteiger partial charge in [0.1, 0.15) is 0 Å². The lowest BCUT2D eigenvalue weighted by Gasteiger charge is -2.12. The summed E-state index contributed by atoms with van der Waals surface area (Å²) in [5, 5.41) is 0. The first-order chi connectivity index (χ1) is 12.3. The molecule has 0 aliphatic carbocycles. The second kappa shape index (κ2) is 21.5. The predicted molar refractivity (Wildman–Crippen MR) is 105 cm³/mol. The van der Waals surface area contributed by atoms with Crippen LogP contribution < -0.4 is 0 Å². The van der Waals surface area contributed by atoms with Crippen molar-refractivity contribution in [3.05, 3.63) is 12.3 Å². The summed E-state index contributed by atoms with van der Waals surface area (Å²) in [6, 6.07) is 0. The first-order valence-electron chi connectivity index (χ1n) is 10.2. The predicted octanol–water partition coefficient (Wildman–Crippen LogP) is 6.20. The quantitative estimate of drug-likeness (QED) is 0.147. The second-order valence-electron chi connectivity index (χ2n) is 6.67. The summed E-state index contributed by atoms with van der Waals surface area (Å²) in [6.07, 6.45) is 22.1. The highest BCUT2D eigenvalue weighted by molar-refractivity contribution is 4.72. The third-order valence-corrected chi connectivity index (χ3v) is 4.46. The van der Waals surface area contributed by atoms with E-state index in [-0.39, 0.29) is 6.29 Å². The molecule has 0 aromatic rings. The summed E-state index contributed by atoms with van der Waals surface area (Å²) in [4.78, 5) is 0. The van der Waals surface area contributed by atoms with Crippen LogP contribution in [-0.4, -0.2) is 34.4 Å². The van der Waals surface area contributed by atoms with Crippen LogP contribution >= 0.6 is 0 Å². The number of rotatable bonds is 20. The Hall–Kier alpha value is -0.580. The molecule has 0 unspecified atom stereocenters. The van der Waals surface area contributed by atoms with E-state index in [9.17, 15) is 0 Å². The fourth-order valence-electron chi connectivity index (χ4n) is 2.92. The molecule has 25 heavy (non-hydrogen) atoms. The highest BCUT2D eigenvalue weighted by atomic mass is 16.7. The lowest BCUT2D eigenvalue weighted by molar-refractivity contribution is -0.107. The topological polar surface area (TPSA) is 36.9 Å². The van der Waals surface area contributed by atoms with Crippen molar-refractivity contribution in [1.82, 2.24) is 0 Å². The Labute approximate surface area is 156 Å². The maximum absolute atomic E-state index is 5.20. The van der Waals surface area contributed by atoms with Crippen molar-refractivity contribution in [2.24, 2.45) is 0 Å². The van der Waals surface area contributed by atoms with Crippen LogP contribution in [0.4, 0.5) is 0 Å². The summed E-state index contributed by atoms with van der Waals surface area (Å²) in [6.45, 7) is 0.346. The van der Waals surface area contributed by atoms with E-state index in [4.69, 9.17) is 18.9 Å². The van der Waals surface area contributed by atoms with Gasteiger partial charge in [0, 0.05) is 21.3 Å². The molecule has 0 aliphatic heterocycles. The summed E-state index contributed by atoms with van der Waals surface area (Å²) in [5.41, 5.74) is 0. The molecule has 0 fully saturated rings. The first kappa shape index (κ1) is 24.4. The highest BCUT2D eigenvalue weighted by Crippen LogP contribution is 2.14. The van der Waals surface area contributed by atoms with E-state index in [1.807, 2.05) is 0 Å². The van der Waals surface area contributed by atoms with Gasteiger partial charge in [0.15, 0.2) is 13.1 Å². The standard InChI is InChI=1S/C21H42O4/c1-22-20-25-19-17-15-13-11-9-7-5-4-6-8-10-12-14-16-18-21(23-2)24-3/h17,19,21H,4-16,18,20H2,1-3H3. The zero-order valence-electron chi connectivity index (χ0n) is 17.0. The third-order valence-electron chi connectivity index (χ3n) is 4.46. The number of hydrogen-bond donors (Lipinski definition) is 0. The van der Waals surface area contributed by atoms with Gasteiger partial charge in [-0.3, -0.25) is 0 Å². The van der Waals surface area contributed by atoms with Crippen LogP contribution in [0.1, 0.15) is 89.9 Å². The molecule has 0 aromatic carbocycles. The third kappa shape index (κ3) is 19.6. The van der Waals surface area contributed by atoms with Crippen LogP contribution in [0.2, 0.25) is 0 Å². The molecule has 0 radical (unpaired) electrons. The smallest absolute Gasteiger partial charge is 0.187 e. The van der Waals surface area contributed by atoms with E-state index >= 15 is 0 Å². The number of methoxy groups -OCH3 is 3. The Morgan fingerprint density at radius 1 is 0.640 bits per heavy atom. The molecule has 0 amide bonds. The zero-order valence-corrected chi connectivity index (χ0v) is 17.0. The number of hydrogen-bond acceptors (Lipinski definition) is 4. The van der Waals surface area contributed by atoms with Crippen LogP contribution in [0.15, 0.2) is 12.3 Å². The van der Waals surface area contributed by atoms with Gasteiger partial charge in [0.25, 0.3) is 0 Å². The summed E-state index contributed by atoms with van der Waals surface area (Å²) < 4.78 is 20.3. The molecule has 150 valence electrons. The SMILES string of the molecule is COCOC=CCCCCCCCCCCCCCCC(OC)OC. The molecular formula is C21H42O4. The van der Waals surface area contributed by atoms with Crippen LogP contribution in [0.25, 0.3) is 0 Å². The number of ether oxygens (including phenoxy) is 4. The lowest BCUT2D eigenvalue weighted by atomic mass is 10.0. The molecule has 0 aliphatic rings. The molecule has 0 saturated carbocycles. The van der Waals surface area contributed by atoms with E-state index in [2.05, 4.69) is 6.08 Å². The molecule has 0 N–H and O–H groups in total. The molecule has 0 heterocycles. The molecule has 0 spiro atoms. The van der Waals surface area contributed by atoms with E-state index < -0.39 is 0 Å². The average molecular weight is 359 g/mol. The maximum atomic E-state index is 5.20. The van der Waals surface area contributed by atoms with Gasteiger partial charge < -0.3 is 18.9 Å². The molecule has 4 heteroatoms. The molecular weight excluding hydrogens is 316 g/mol. The van der Waals surface area contributed by atoms with Crippen molar-refractivity contribution in [3.8, 4) is 0 Å². The molecule has 0 bridgehead atoms. The fourth-order valence-corrected chi connectivity index (χ4v) is 2.92.